The van der Waals surface area contributed by atoms with Crippen LogP contribution in [0.3, 0.4) is 0 Å². The molecule has 4 rings (SSSR count). The van der Waals surface area contributed by atoms with Crippen LogP contribution >= 0.6 is 0 Å². The summed E-state index contributed by atoms with van der Waals surface area (Å²) in [6, 6.07) is 16.6. The number of nitrogens with zero attached hydrogens (tertiary/aromatic N) is 3. The lowest BCUT2D eigenvalue weighted by atomic mass is 10.0. The highest BCUT2D eigenvalue weighted by molar-refractivity contribution is 5.81. The van der Waals surface area contributed by atoms with Gasteiger partial charge in [0.1, 0.15) is 0 Å². The summed E-state index contributed by atoms with van der Waals surface area (Å²) in [5.74, 6) is 0.142. The Kier molecular flexibility index (Phi) is 5.21. The zero-order valence-corrected chi connectivity index (χ0v) is 15.8. The summed E-state index contributed by atoms with van der Waals surface area (Å²) in [7, 11) is 2.04. The highest BCUT2D eigenvalue weighted by atomic mass is 16.2. The number of carbonyl (C=O) groups is 1. The second-order valence-electron chi connectivity index (χ2n) is 7.39. The summed E-state index contributed by atoms with van der Waals surface area (Å²) in [4.78, 5) is 19.1. The predicted octanol–water partition coefficient (Wildman–Crippen LogP) is 3.19. The van der Waals surface area contributed by atoms with Gasteiger partial charge in [-0.05, 0) is 49.7 Å². The molecule has 1 atom stereocenters. The zero-order valence-electron chi connectivity index (χ0n) is 15.8. The van der Waals surface area contributed by atoms with Crippen molar-refractivity contribution < 1.29 is 4.79 Å². The molecule has 140 valence electrons. The standard InChI is InChI=1S/C22H26N4O/c1-25-12-5-4-11-21(25)22(27)23-14-17-7-6-8-18(13-17)15-26-16-24-19-9-2-3-10-20(19)26/h2-3,6-10,13,16,21H,4-5,11-12,14-15H2,1H3,(H,23,27)/t21-/m1/s1. The number of benzene rings is 2. The lowest BCUT2D eigenvalue weighted by molar-refractivity contribution is -0.127. The van der Waals surface area contributed by atoms with Crippen molar-refractivity contribution in [1.82, 2.24) is 19.8 Å². The minimum atomic E-state index is 0.0132. The van der Waals surface area contributed by atoms with Gasteiger partial charge in [0.25, 0.3) is 0 Å². The van der Waals surface area contributed by atoms with E-state index in [1.165, 1.54) is 12.0 Å². The van der Waals surface area contributed by atoms with Crippen LogP contribution in [0.4, 0.5) is 0 Å². The molecule has 0 spiro atoms. The molecular weight excluding hydrogens is 336 g/mol. The maximum absolute atomic E-state index is 12.5. The summed E-state index contributed by atoms with van der Waals surface area (Å²) in [6.45, 7) is 2.35. The number of likely N-dealkylation sites (N-methyl/N-ethyl adjacent to an activating group) is 1. The lowest BCUT2D eigenvalue weighted by Gasteiger charge is -2.31. The van der Waals surface area contributed by atoms with Crippen molar-refractivity contribution in [3.05, 3.63) is 66.0 Å². The molecule has 27 heavy (non-hydrogen) atoms. The third-order valence-electron chi connectivity index (χ3n) is 5.41. The van der Waals surface area contributed by atoms with Crippen molar-refractivity contribution in [3.63, 3.8) is 0 Å². The number of piperidine rings is 1. The molecule has 0 unspecified atom stereocenters. The van der Waals surface area contributed by atoms with E-state index in [9.17, 15) is 4.79 Å². The number of aromatic nitrogens is 2. The normalized spacial score (nSPS) is 17.9. The third-order valence-corrected chi connectivity index (χ3v) is 5.41. The van der Waals surface area contributed by atoms with E-state index in [0.29, 0.717) is 6.54 Å². The molecule has 1 aliphatic heterocycles. The van der Waals surface area contributed by atoms with E-state index in [0.717, 1.165) is 42.5 Å². The third kappa shape index (κ3) is 4.03. The van der Waals surface area contributed by atoms with Crippen molar-refractivity contribution in [1.29, 1.82) is 0 Å². The Hall–Kier alpha value is -2.66. The van der Waals surface area contributed by atoms with Crippen LogP contribution in [0, 0.1) is 0 Å². The Morgan fingerprint density at radius 3 is 2.89 bits per heavy atom. The maximum atomic E-state index is 12.5. The summed E-state index contributed by atoms with van der Waals surface area (Å²) >= 11 is 0. The SMILES string of the molecule is CN1CCCC[C@@H]1C(=O)NCc1cccc(Cn2cnc3ccccc32)c1. The Morgan fingerprint density at radius 2 is 2.00 bits per heavy atom. The van der Waals surface area contributed by atoms with Gasteiger partial charge in [0, 0.05) is 13.1 Å². The molecule has 1 saturated heterocycles. The lowest BCUT2D eigenvalue weighted by Crippen LogP contribution is -2.47. The summed E-state index contributed by atoms with van der Waals surface area (Å²) in [6.07, 6.45) is 5.16. The number of carbonyl (C=O) groups excluding carboxylic acids is 1. The van der Waals surface area contributed by atoms with Crippen molar-refractivity contribution in [2.75, 3.05) is 13.6 Å². The highest BCUT2D eigenvalue weighted by Gasteiger charge is 2.25. The number of para-hydroxylation sites is 2. The monoisotopic (exact) mass is 362 g/mol. The van der Waals surface area contributed by atoms with Crippen LogP contribution in [0.5, 0.6) is 0 Å². The largest absolute Gasteiger partial charge is 0.351 e. The van der Waals surface area contributed by atoms with Crippen molar-refractivity contribution in [2.45, 2.75) is 38.4 Å². The van der Waals surface area contributed by atoms with Crippen LogP contribution in [0.2, 0.25) is 0 Å². The molecule has 1 aliphatic rings. The van der Waals surface area contributed by atoms with Gasteiger partial charge in [-0.2, -0.15) is 0 Å². The number of hydrogen-bond acceptors (Lipinski definition) is 3. The van der Waals surface area contributed by atoms with Gasteiger partial charge in [0.2, 0.25) is 5.91 Å². The fraction of sp³-hybridized carbons (Fsp3) is 0.364. The molecule has 0 saturated carbocycles. The van der Waals surface area contributed by atoms with Crippen LogP contribution in [-0.2, 0) is 17.9 Å². The van der Waals surface area contributed by atoms with Gasteiger partial charge in [0.05, 0.1) is 23.4 Å². The Bertz CT molecular complexity index is 933. The molecule has 3 aromatic rings. The first kappa shape index (κ1) is 17.7. The van der Waals surface area contributed by atoms with Crippen molar-refractivity contribution in [3.8, 4) is 0 Å². The van der Waals surface area contributed by atoms with E-state index >= 15 is 0 Å². The van der Waals surface area contributed by atoms with Gasteiger partial charge in [-0.15, -0.1) is 0 Å². The first-order chi connectivity index (χ1) is 13.2. The van der Waals surface area contributed by atoms with Gasteiger partial charge < -0.3 is 9.88 Å². The molecule has 2 heterocycles. The number of fused-ring (bicyclic) bond motifs is 1. The quantitative estimate of drug-likeness (QED) is 0.758. The second-order valence-corrected chi connectivity index (χ2v) is 7.39. The Balaban J connectivity index is 1.41. The fourth-order valence-corrected chi connectivity index (χ4v) is 3.88. The number of imidazole rings is 1. The van der Waals surface area contributed by atoms with Gasteiger partial charge in [0.15, 0.2) is 0 Å². The van der Waals surface area contributed by atoms with E-state index in [1.807, 2.05) is 31.6 Å². The zero-order chi connectivity index (χ0) is 18.6. The van der Waals surface area contributed by atoms with Crippen LogP contribution in [0.1, 0.15) is 30.4 Å². The molecule has 1 N–H and O–H groups in total. The first-order valence-corrected chi connectivity index (χ1v) is 9.66. The van der Waals surface area contributed by atoms with Gasteiger partial charge in [-0.1, -0.05) is 42.8 Å². The average Bonchev–Trinajstić information content (AvgIpc) is 3.10. The Labute approximate surface area is 160 Å². The van der Waals surface area contributed by atoms with E-state index in [2.05, 4.69) is 50.1 Å². The fourth-order valence-electron chi connectivity index (χ4n) is 3.88. The number of hydrogen-bond donors (Lipinski definition) is 1. The summed E-state index contributed by atoms with van der Waals surface area (Å²) < 4.78 is 2.16. The van der Waals surface area contributed by atoms with Crippen LogP contribution in [0.25, 0.3) is 11.0 Å². The number of rotatable bonds is 5. The van der Waals surface area contributed by atoms with Crippen LogP contribution < -0.4 is 5.32 Å². The molecular formula is C22H26N4O. The average molecular weight is 362 g/mol. The molecule has 5 nitrogen and oxygen atoms in total. The molecule has 1 amide bonds. The molecule has 0 radical (unpaired) electrons. The number of amides is 1. The Morgan fingerprint density at radius 1 is 1.15 bits per heavy atom. The smallest absolute Gasteiger partial charge is 0.237 e. The molecule has 1 aromatic heterocycles. The minimum absolute atomic E-state index is 0.0132. The number of likely N-dealkylation sites (tertiary alicyclic amines) is 1. The molecule has 0 aliphatic carbocycles. The number of nitrogens with one attached hydrogen (secondary N) is 1. The van der Waals surface area contributed by atoms with E-state index in [-0.39, 0.29) is 11.9 Å². The highest BCUT2D eigenvalue weighted by Crippen LogP contribution is 2.16. The molecule has 0 bridgehead atoms. The van der Waals surface area contributed by atoms with Gasteiger partial charge >= 0.3 is 0 Å². The van der Waals surface area contributed by atoms with E-state index in [1.54, 1.807) is 0 Å². The van der Waals surface area contributed by atoms with E-state index < -0.39 is 0 Å². The molecule has 5 heteroatoms. The maximum Gasteiger partial charge on any atom is 0.237 e. The van der Waals surface area contributed by atoms with Gasteiger partial charge in [-0.25, -0.2) is 4.98 Å². The summed E-state index contributed by atoms with van der Waals surface area (Å²) in [5.41, 5.74) is 4.48. The van der Waals surface area contributed by atoms with Gasteiger partial charge in [-0.3, -0.25) is 9.69 Å². The summed E-state index contributed by atoms with van der Waals surface area (Å²) in [5, 5.41) is 3.12. The minimum Gasteiger partial charge on any atom is -0.351 e. The van der Waals surface area contributed by atoms with E-state index in [4.69, 9.17) is 0 Å². The van der Waals surface area contributed by atoms with Crippen LogP contribution in [0.15, 0.2) is 54.9 Å². The molecule has 2 aromatic carbocycles. The topological polar surface area (TPSA) is 50.2 Å². The second kappa shape index (κ2) is 7.92. The first-order valence-electron chi connectivity index (χ1n) is 9.66. The molecule has 1 fully saturated rings. The predicted molar refractivity (Wildman–Crippen MR) is 107 cm³/mol. The van der Waals surface area contributed by atoms with Crippen LogP contribution in [-0.4, -0.2) is 40.0 Å². The van der Waals surface area contributed by atoms with Crippen molar-refractivity contribution >= 4 is 16.9 Å². The van der Waals surface area contributed by atoms with Crippen molar-refractivity contribution in [2.24, 2.45) is 0 Å².